The molecule has 2 aromatic heterocycles. The fraction of sp³-hybridized carbons (Fsp3) is 0. The number of aromatic amines is 2. The molecule has 2 rings (SSSR count). The fourth-order valence-electron chi connectivity index (χ4n) is 0.938. The van der Waals surface area contributed by atoms with Crippen LogP contribution in [0.4, 0.5) is 0 Å². The lowest BCUT2D eigenvalue weighted by Crippen LogP contribution is -2.04. The van der Waals surface area contributed by atoms with Crippen LogP contribution in [-0.2, 0) is 10.1 Å². The van der Waals surface area contributed by atoms with Crippen LogP contribution in [-0.4, -0.2) is 32.9 Å². The maximum absolute atomic E-state index is 10.7. The third-order valence-electron chi connectivity index (χ3n) is 1.48. The average Bonchev–Trinajstić information content (AvgIpc) is 2.41. The van der Waals surface area contributed by atoms with E-state index in [9.17, 15) is 8.42 Å². The molecule has 2 aromatic rings. The Kier molecular flexibility index (Phi) is 1.87. The number of rotatable bonds is 1. The van der Waals surface area contributed by atoms with Crippen LogP contribution in [0.3, 0.4) is 0 Å². The molecule has 0 saturated heterocycles. The molecule has 0 aliphatic rings. The molecule has 3 N–H and O–H groups in total. The van der Waals surface area contributed by atoms with Crippen LogP contribution < -0.4 is 0 Å². The minimum Gasteiger partial charge on any atom is -0.328 e. The van der Waals surface area contributed by atoms with E-state index in [0.717, 1.165) is 0 Å². The van der Waals surface area contributed by atoms with Crippen LogP contribution in [0.5, 0.6) is 0 Å². The summed E-state index contributed by atoms with van der Waals surface area (Å²) in [7, 11) is -4.38. The van der Waals surface area contributed by atoms with Crippen molar-refractivity contribution in [2.24, 2.45) is 0 Å². The van der Waals surface area contributed by atoms with E-state index < -0.39 is 15.3 Å². The highest BCUT2D eigenvalue weighted by molar-refractivity contribution is 7.85. The minimum absolute atomic E-state index is 0.234. The van der Waals surface area contributed by atoms with Crippen LogP contribution in [0.1, 0.15) is 0 Å². The van der Waals surface area contributed by atoms with Gasteiger partial charge >= 0.3 is 10.1 Å². The van der Waals surface area contributed by atoms with Gasteiger partial charge < -0.3 is 9.97 Å². The highest BCUT2D eigenvalue weighted by Crippen LogP contribution is 2.08. The van der Waals surface area contributed by atoms with Gasteiger partial charge in [0.25, 0.3) is 5.16 Å². The number of nitrogens with one attached hydrogen (secondary N) is 2. The summed E-state index contributed by atoms with van der Waals surface area (Å²) in [5.74, 6) is 0. The molecular formula is C5H4N4O3S2. The zero-order valence-electron chi connectivity index (χ0n) is 6.55. The summed E-state index contributed by atoms with van der Waals surface area (Å²) in [5.41, 5.74) is 0.708. The largest absolute Gasteiger partial charge is 0.330 e. The number of nitrogens with zero attached hydrogens (tertiary/aromatic N) is 2. The highest BCUT2D eigenvalue weighted by atomic mass is 32.2. The number of fused-ring (bicyclic) bond motifs is 1. The number of aromatic nitrogens is 4. The summed E-state index contributed by atoms with van der Waals surface area (Å²) in [6, 6.07) is 0. The number of hydrogen-bond donors (Lipinski definition) is 3. The lowest BCUT2D eigenvalue weighted by atomic mass is 10.6. The molecular weight excluding hydrogens is 228 g/mol. The van der Waals surface area contributed by atoms with E-state index in [1.54, 1.807) is 0 Å². The Labute approximate surface area is 83.0 Å². The third-order valence-corrected chi connectivity index (χ3v) is 2.34. The number of imidazole rings is 1. The van der Waals surface area contributed by atoms with Crippen LogP contribution in [0.25, 0.3) is 11.2 Å². The fourth-order valence-corrected chi connectivity index (χ4v) is 1.54. The first kappa shape index (κ1) is 9.24. The topological polar surface area (TPSA) is 112 Å². The molecule has 0 unspecified atom stereocenters. The van der Waals surface area contributed by atoms with Crippen LogP contribution in [0, 0.1) is 4.77 Å². The molecule has 0 bridgehead atoms. The van der Waals surface area contributed by atoms with E-state index in [1.165, 1.54) is 6.20 Å². The molecule has 0 aromatic carbocycles. The van der Waals surface area contributed by atoms with Crippen molar-refractivity contribution >= 4 is 33.5 Å². The van der Waals surface area contributed by atoms with E-state index in [2.05, 4.69) is 19.9 Å². The van der Waals surface area contributed by atoms with E-state index in [-0.39, 0.29) is 5.65 Å². The van der Waals surface area contributed by atoms with Crippen LogP contribution in [0.2, 0.25) is 0 Å². The molecule has 9 heteroatoms. The summed E-state index contributed by atoms with van der Waals surface area (Å²) in [5, 5.41) is -0.657. The maximum Gasteiger partial charge on any atom is 0.330 e. The standard InChI is InChI=1S/C5H4N4O3S2/c10-14(11,12)5-6-1-2-3(9-5)8-4(13)7-2/h1H,(H,10,11,12)(H2,6,7,8,9,13). The Hall–Kier alpha value is -1.32. The van der Waals surface area contributed by atoms with Gasteiger partial charge in [-0.1, -0.05) is 0 Å². The maximum atomic E-state index is 10.7. The molecule has 14 heavy (non-hydrogen) atoms. The quantitative estimate of drug-likeness (QED) is 0.369. The normalized spacial score (nSPS) is 12.1. The van der Waals surface area contributed by atoms with Gasteiger partial charge in [-0.2, -0.15) is 13.4 Å². The highest BCUT2D eigenvalue weighted by Gasteiger charge is 2.14. The second-order valence-electron chi connectivity index (χ2n) is 2.47. The van der Waals surface area contributed by atoms with Crippen molar-refractivity contribution < 1.29 is 13.0 Å². The molecule has 74 valence electrons. The second-order valence-corrected chi connectivity index (χ2v) is 4.19. The van der Waals surface area contributed by atoms with Crippen molar-refractivity contribution in [3.05, 3.63) is 11.0 Å². The SMILES string of the molecule is O=S(=O)(O)c1ncc2[nH]c(=S)[nH]c2n1. The second kappa shape index (κ2) is 2.83. The van der Waals surface area contributed by atoms with Crippen molar-refractivity contribution in [3.63, 3.8) is 0 Å². The van der Waals surface area contributed by atoms with Gasteiger partial charge in [0.05, 0.1) is 6.20 Å². The summed E-state index contributed by atoms with van der Waals surface area (Å²) < 4.78 is 30.3. The molecule has 0 aliphatic heterocycles. The molecule has 0 radical (unpaired) electrons. The van der Waals surface area contributed by atoms with Gasteiger partial charge in [0.1, 0.15) is 5.52 Å². The lowest BCUT2D eigenvalue weighted by Gasteiger charge is -1.93. The Morgan fingerprint density at radius 1 is 1.43 bits per heavy atom. The van der Waals surface area contributed by atoms with E-state index >= 15 is 0 Å². The smallest absolute Gasteiger partial charge is 0.328 e. The summed E-state index contributed by atoms with van der Waals surface area (Å²) in [6.07, 6.45) is 1.22. The Bertz CT molecular complexity index is 640. The molecule has 7 nitrogen and oxygen atoms in total. The van der Waals surface area contributed by atoms with Gasteiger partial charge in [0, 0.05) is 0 Å². The molecule has 2 heterocycles. The summed E-state index contributed by atoms with van der Waals surface area (Å²) >= 11 is 4.76. The van der Waals surface area contributed by atoms with Crippen molar-refractivity contribution in [3.8, 4) is 0 Å². The minimum atomic E-state index is -4.38. The van der Waals surface area contributed by atoms with Gasteiger partial charge in [-0.15, -0.1) is 0 Å². The summed E-state index contributed by atoms with van der Waals surface area (Å²) in [6.45, 7) is 0. The first-order valence-corrected chi connectivity index (χ1v) is 5.24. The van der Waals surface area contributed by atoms with E-state index in [4.69, 9.17) is 16.8 Å². The molecule has 0 aliphatic carbocycles. The van der Waals surface area contributed by atoms with Gasteiger partial charge in [-0.05, 0) is 12.2 Å². The predicted octanol–water partition coefficient (Wildman–Crippen LogP) is 0.262. The Balaban J connectivity index is 2.80. The van der Waals surface area contributed by atoms with Gasteiger partial charge in [-0.3, -0.25) is 4.55 Å². The first-order chi connectivity index (χ1) is 6.47. The monoisotopic (exact) mass is 232 g/mol. The Morgan fingerprint density at radius 3 is 2.79 bits per heavy atom. The van der Waals surface area contributed by atoms with E-state index in [1.807, 2.05) is 0 Å². The van der Waals surface area contributed by atoms with E-state index in [0.29, 0.717) is 10.3 Å². The Morgan fingerprint density at radius 2 is 2.14 bits per heavy atom. The lowest BCUT2D eigenvalue weighted by molar-refractivity contribution is 0.474. The van der Waals surface area contributed by atoms with Gasteiger partial charge in [0.15, 0.2) is 10.4 Å². The number of H-pyrrole nitrogens is 2. The van der Waals surface area contributed by atoms with Gasteiger partial charge in [0.2, 0.25) is 0 Å². The molecule has 0 saturated carbocycles. The van der Waals surface area contributed by atoms with Crippen molar-refractivity contribution in [1.29, 1.82) is 0 Å². The predicted molar refractivity (Wildman–Crippen MR) is 48.9 cm³/mol. The van der Waals surface area contributed by atoms with Crippen molar-refractivity contribution in [1.82, 2.24) is 19.9 Å². The summed E-state index contributed by atoms with van der Waals surface area (Å²) in [4.78, 5) is 12.3. The zero-order chi connectivity index (χ0) is 10.3. The van der Waals surface area contributed by atoms with Crippen LogP contribution >= 0.6 is 12.2 Å². The van der Waals surface area contributed by atoms with Crippen molar-refractivity contribution in [2.75, 3.05) is 0 Å². The average molecular weight is 232 g/mol. The van der Waals surface area contributed by atoms with Gasteiger partial charge in [-0.25, -0.2) is 4.98 Å². The third kappa shape index (κ3) is 1.52. The number of hydrogen-bond acceptors (Lipinski definition) is 5. The first-order valence-electron chi connectivity index (χ1n) is 3.39. The van der Waals surface area contributed by atoms with Crippen molar-refractivity contribution in [2.45, 2.75) is 5.16 Å². The molecule has 0 spiro atoms. The zero-order valence-corrected chi connectivity index (χ0v) is 8.18. The molecule has 0 amide bonds. The van der Waals surface area contributed by atoms with Crippen LogP contribution in [0.15, 0.2) is 11.4 Å². The molecule has 0 atom stereocenters. The molecule has 0 fully saturated rings.